The Morgan fingerprint density at radius 3 is 1.44 bits per heavy atom. The molecule has 1 aliphatic carbocycles. The molecule has 156 valence electrons. The van der Waals surface area contributed by atoms with Crippen LogP contribution in [0.3, 0.4) is 0 Å². The molecule has 7 heteroatoms. The lowest BCUT2D eigenvalue weighted by atomic mass is 9.86. The minimum absolute atomic E-state index is 0.0165. The van der Waals surface area contributed by atoms with Crippen LogP contribution in [0.25, 0.3) is 33.6 Å². The summed E-state index contributed by atoms with van der Waals surface area (Å²) in [6, 6.07) is 22.9. The van der Waals surface area contributed by atoms with E-state index in [-0.39, 0.29) is 11.4 Å². The Morgan fingerprint density at radius 1 is 0.562 bits per heavy atom. The Kier molecular flexibility index (Phi) is 4.71. The number of nitro groups is 2. The summed E-state index contributed by atoms with van der Waals surface area (Å²) in [7, 11) is 0. The number of hydrogen-bond donors (Lipinski definition) is 0. The minimum atomic E-state index is -0.433. The summed E-state index contributed by atoms with van der Waals surface area (Å²) in [6.45, 7) is 0. The van der Waals surface area contributed by atoms with Crippen molar-refractivity contribution in [3.8, 4) is 33.6 Å². The van der Waals surface area contributed by atoms with Crippen LogP contribution >= 0.6 is 0 Å². The first-order valence-corrected chi connectivity index (χ1v) is 10.1. The van der Waals surface area contributed by atoms with Crippen LogP contribution in [0, 0.1) is 20.2 Å². The number of fused-ring (bicyclic) bond motifs is 1. The largest absolute Gasteiger partial charge is 0.269 e. The number of nitrogens with zero attached hydrogens (tertiary/aromatic N) is 3. The van der Waals surface area contributed by atoms with Gasteiger partial charge in [-0.15, -0.1) is 0 Å². The van der Waals surface area contributed by atoms with Crippen LogP contribution in [0.5, 0.6) is 0 Å². The maximum atomic E-state index is 11.0. The molecule has 32 heavy (non-hydrogen) atoms. The molecule has 0 N–H and O–H groups in total. The topological polar surface area (TPSA) is 99.2 Å². The van der Waals surface area contributed by atoms with E-state index in [2.05, 4.69) is 18.2 Å². The lowest BCUT2D eigenvalue weighted by Gasteiger charge is -2.20. The van der Waals surface area contributed by atoms with Gasteiger partial charge in [0.15, 0.2) is 0 Å². The first-order valence-electron chi connectivity index (χ1n) is 10.1. The van der Waals surface area contributed by atoms with Crippen molar-refractivity contribution >= 4 is 11.4 Å². The molecule has 4 aromatic rings. The minimum Gasteiger partial charge on any atom is -0.258 e. The second kappa shape index (κ2) is 7.70. The quantitative estimate of drug-likeness (QED) is 0.290. The molecule has 0 radical (unpaired) electrons. The average Bonchev–Trinajstić information content (AvgIpc) is 2.79. The number of non-ortho nitro benzene ring substituents is 2. The first-order chi connectivity index (χ1) is 15.5. The number of hydrogen-bond acceptors (Lipinski definition) is 5. The molecule has 0 atom stereocenters. The zero-order valence-electron chi connectivity index (χ0n) is 16.9. The molecule has 0 spiro atoms. The van der Waals surface area contributed by atoms with E-state index < -0.39 is 9.85 Å². The lowest BCUT2D eigenvalue weighted by molar-refractivity contribution is -0.385. The molecule has 0 fully saturated rings. The van der Waals surface area contributed by atoms with Crippen LogP contribution in [-0.4, -0.2) is 14.8 Å². The monoisotopic (exact) mass is 423 g/mol. The van der Waals surface area contributed by atoms with E-state index in [1.54, 1.807) is 24.3 Å². The van der Waals surface area contributed by atoms with Crippen molar-refractivity contribution in [1.29, 1.82) is 0 Å². The van der Waals surface area contributed by atoms with Gasteiger partial charge in [-0.05, 0) is 71.5 Å². The number of rotatable bonds is 5. The van der Waals surface area contributed by atoms with Gasteiger partial charge in [0.1, 0.15) is 0 Å². The van der Waals surface area contributed by atoms with Gasteiger partial charge in [-0.1, -0.05) is 18.2 Å². The summed E-state index contributed by atoms with van der Waals surface area (Å²) in [6.07, 6.45) is 2.17. The highest BCUT2D eigenvalue weighted by molar-refractivity contribution is 5.77. The van der Waals surface area contributed by atoms with Crippen LogP contribution in [0.2, 0.25) is 0 Å². The summed E-state index contributed by atoms with van der Waals surface area (Å²) in [4.78, 5) is 25.9. The number of benzene rings is 3. The summed E-state index contributed by atoms with van der Waals surface area (Å²) >= 11 is 0. The van der Waals surface area contributed by atoms with Gasteiger partial charge in [0.05, 0.1) is 21.2 Å². The van der Waals surface area contributed by atoms with Gasteiger partial charge >= 0.3 is 0 Å². The fourth-order valence-corrected chi connectivity index (χ4v) is 3.88. The van der Waals surface area contributed by atoms with Gasteiger partial charge in [-0.25, -0.2) is 4.98 Å². The van der Waals surface area contributed by atoms with E-state index in [0.717, 1.165) is 35.1 Å². The van der Waals surface area contributed by atoms with E-state index in [1.807, 2.05) is 12.1 Å². The van der Waals surface area contributed by atoms with Crippen molar-refractivity contribution in [1.82, 2.24) is 4.98 Å². The molecule has 3 aromatic carbocycles. The van der Waals surface area contributed by atoms with Crippen molar-refractivity contribution in [3.63, 3.8) is 0 Å². The van der Waals surface area contributed by atoms with Gasteiger partial charge in [-0.3, -0.25) is 20.2 Å². The Balaban J connectivity index is 1.63. The third-order valence-electron chi connectivity index (χ3n) is 5.78. The highest BCUT2D eigenvalue weighted by atomic mass is 16.6. The Morgan fingerprint density at radius 2 is 1.03 bits per heavy atom. The van der Waals surface area contributed by atoms with Gasteiger partial charge in [0, 0.05) is 35.4 Å². The van der Waals surface area contributed by atoms with E-state index in [4.69, 9.17) is 4.98 Å². The zero-order valence-corrected chi connectivity index (χ0v) is 16.9. The van der Waals surface area contributed by atoms with Crippen molar-refractivity contribution in [3.05, 3.63) is 110 Å². The fourth-order valence-electron chi connectivity index (χ4n) is 3.88. The summed E-state index contributed by atoms with van der Waals surface area (Å²) in [5, 5.41) is 22.0. The molecular weight excluding hydrogens is 406 g/mol. The van der Waals surface area contributed by atoms with Crippen LogP contribution in [0.1, 0.15) is 11.1 Å². The molecule has 5 rings (SSSR count). The Bertz CT molecular complexity index is 1290. The Labute approximate surface area is 183 Å². The van der Waals surface area contributed by atoms with Crippen LogP contribution < -0.4 is 0 Å². The van der Waals surface area contributed by atoms with E-state index in [9.17, 15) is 20.2 Å². The lowest BCUT2D eigenvalue weighted by Crippen LogP contribution is -2.07. The SMILES string of the molecule is O=[N+]([O-])c1ccc(-c2cc(-c3ccc4c(c3)CC4)cc(-c3ccc([N+](=O)[O-])cc3)n2)cc1. The molecule has 0 amide bonds. The summed E-state index contributed by atoms with van der Waals surface area (Å²) in [5.74, 6) is 0. The molecular formula is C25H17N3O4. The predicted molar refractivity (Wildman–Crippen MR) is 121 cm³/mol. The van der Waals surface area contributed by atoms with Crippen molar-refractivity contribution < 1.29 is 9.85 Å². The highest BCUT2D eigenvalue weighted by Gasteiger charge is 2.16. The number of aromatic nitrogens is 1. The average molecular weight is 423 g/mol. The predicted octanol–water partition coefficient (Wildman–Crippen LogP) is 6.00. The molecule has 1 aromatic heterocycles. The van der Waals surface area contributed by atoms with Crippen LogP contribution in [0.15, 0.2) is 78.9 Å². The third-order valence-corrected chi connectivity index (χ3v) is 5.78. The molecule has 1 aliphatic rings. The molecule has 0 saturated heterocycles. The normalized spacial score (nSPS) is 12.0. The van der Waals surface area contributed by atoms with Gasteiger partial charge in [-0.2, -0.15) is 0 Å². The van der Waals surface area contributed by atoms with E-state index in [1.165, 1.54) is 35.4 Å². The number of aryl methyl sites for hydroxylation is 2. The smallest absolute Gasteiger partial charge is 0.258 e. The molecule has 1 heterocycles. The first kappa shape index (κ1) is 19.6. The van der Waals surface area contributed by atoms with Crippen molar-refractivity contribution in [2.24, 2.45) is 0 Å². The second-order valence-electron chi connectivity index (χ2n) is 7.72. The molecule has 0 saturated carbocycles. The van der Waals surface area contributed by atoms with Gasteiger partial charge in [0.25, 0.3) is 11.4 Å². The van der Waals surface area contributed by atoms with Crippen LogP contribution in [-0.2, 0) is 12.8 Å². The molecule has 7 nitrogen and oxygen atoms in total. The highest BCUT2D eigenvalue weighted by Crippen LogP contribution is 2.34. The van der Waals surface area contributed by atoms with Crippen molar-refractivity contribution in [2.45, 2.75) is 12.8 Å². The molecule has 0 aliphatic heterocycles. The maximum absolute atomic E-state index is 11.0. The number of nitro benzene ring substituents is 2. The third kappa shape index (κ3) is 3.60. The summed E-state index contributed by atoms with van der Waals surface area (Å²) in [5.41, 5.74) is 7.64. The standard InChI is InChI=1S/C25H17N3O4/c29-27(30)22-9-5-17(6-10-22)24-14-21(20-4-2-16-1-3-19(16)13-20)15-25(26-24)18-7-11-23(12-8-18)28(31)32/h2,4-15H,1,3H2. The maximum Gasteiger partial charge on any atom is 0.269 e. The van der Waals surface area contributed by atoms with Crippen LogP contribution in [0.4, 0.5) is 11.4 Å². The zero-order chi connectivity index (χ0) is 22.2. The summed E-state index contributed by atoms with van der Waals surface area (Å²) < 4.78 is 0. The van der Waals surface area contributed by atoms with E-state index >= 15 is 0 Å². The van der Waals surface area contributed by atoms with Crippen molar-refractivity contribution in [2.75, 3.05) is 0 Å². The molecule has 0 bridgehead atoms. The second-order valence-corrected chi connectivity index (χ2v) is 7.72. The number of pyridine rings is 1. The fraction of sp³-hybridized carbons (Fsp3) is 0.0800. The van der Waals surface area contributed by atoms with Gasteiger partial charge in [0.2, 0.25) is 0 Å². The Hall–Kier alpha value is -4.39. The van der Waals surface area contributed by atoms with E-state index in [0.29, 0.717) is 11.4 Å². The molecule has 0 unspecified atom stereocenters. The van der Waals surface area contributed by atoms with Gasteiger partial charge < -0.3 is 0 Å².